The van der Waals surface area contributed by atoms with Gasteiger partial charge in [0.1, 0.15) is 5.60 Å². The van der Waals surface area contributed by atoms with Gasteiger partial charge in [0.05, 0.1) is 17.2 Å². The van der Waals surface area contributed by atoms with Crippen molar-refractivity contribution < 1.29 is 9.47 Å². The van der Waals surface area contributed by atoms with Gasteiger partial charge in [-0.1, -0.05) is 0 Å². The minimum Gasteiger partial charge on any atom is -0.485 e. The quantitative estimate of drug-likeness (QED) is 0.768. The highest BCUT2D eigenvalue weighted by Gasteiger charge is 2.27. The van der Waals surface area contributed by atoms with Gasteiger partial charge in [0.25, 0.3) is 0 Å². The molecule has 1 heterocycles. The number of rotatable bonds is 4. The maximum atomic E-state index is 5.94. The first-order valence-corrected chi connectivity index (χ1v) is 7.10. The predicted octanol–water partition coefficient (Wildman–Crippen LogP) is 3.52. The van der Waals surface area contributed by atoms with Gasteiger partial charge in [0.2, 0.25) is 0 Å². The van der Waals surface area contributed by atoms with Crippen molar-refractivity contribution in [3.8, 4) is 11.5 Å². The summed E-state index contributed by atoms with van der Waals surface area (Å²) >= 11 is 1.64. The van der Waals surface area contributed by atoms with Crippen molar-refractivity contribution in [2.75, 3.05) is 6.26 Å². The summed E-state index contributed by atoms with van der Waals surface area (Å²) in [4.78, 5) is 5.24. The first kappa shape index (κ1) is 12.6. The van der Waals surface area contributed by atoms with Gasteiger partial charge in [0.15, 0.2) is 11.5 Å². The number of hydrogen-bond donors (Lipinski definition) is 0. The molecule has 1 fully saturated rings. The third kappa shape index (κ3) is 3.53. The van der Waals surface area contributed by atoms with Gasteiger partial charge in [-0.05, 0) is 39.9 Å². The highest BCUT2D eigenvalue weighted by atomic mass is 32.2. The van der Waals surface area contributed by atoms with Gasteiger partial charge >= 0.3 is 0 Å². The lowest BCUT2D eigenvalue weighted by Crippen LogP contribution is -2.23. The largest absolute Gasteiger partial charge is 0.485 e. The Morgan fingerprint density at radius 3 is 2.53 bits per heavy atom. The molecule has 17 heavy (non-hydrogen) atoms. The second-order valence-electron chi connectivity index (χ2n) is 5.20. The maximum absolute atomic E-state index is 5.94. The van der Waals surface area contributed by atoms with Crippen LogP contribution in [-0.4, -0.2) is 22.9 Å². The number of nitrogens with zero attached hydrogens (tertiary/aromatic N) is 1. The molecule has 0 aliphatic heterocycles. The smallest absolute Gasteiger partial charge is 0.181 e. The van der Waals surface area contributed by atoms with Crippen LogP contribution in [0.15, 0.2) is 17.3 Å². The van der Waals surface area contributed by atoms with Crippen molar-refractivity contribution in [2.45, 2.75) is 50.2 Å². The number of ether oxygens (including phenoxy) is 2. The average Bonchev–Trinajstić information content (AvgIpc) is 3.02. The molecule has 1 aromatic heterocycles. The molecule has 1 aliphatic rings. The summed E-state index contributed by atoms with van der Waals surface area (Å²) in [5.41, 5.74) is -0.236. The van der Waals surface area contributed by atoms with E-state index in [0.29, 0.717) is 6.10 Å². The van der Waals surface area contributed by atoms with Crippen LogP contribution in [0.3, 0.4) is 0 Å². The van der Waals surface area contributed by atoms with Crippen LogP contribution in [0.1, 0.15) is 33.6 Å². The number of hydrogen-bond acceptors (Lipinski definition) is 4. The monoisotopic (exact) mass is 253 g/mol. The van der Waals surface area contributed by atoms with Gasteiger partial charge in [-0.25, -0.2) is 0 Å². The van der Waals surface area contributed by atoms with E-state index in [1.807, 2.05) is 33.2 Å². The molecule has 3 nitrogen and oxygen atoms in total. The van der Waals surface area contributed by atoms with Crippen LogP contribution in [0.4, 0.5) is 0 Å². The third-order valence-corrected chi connectivity index (χ3v) is 3.01. The van der Waals surface area contributed by atoms with Crippen LogP contribution in [0.5, 0.6) is 11.5 Å². The highest BCUT2D eigenvalue weighted by Crippen LogP contribution is 2.40. The second-order valence-corrected chi connectivity index (χ2v) is 6.05. The van der Waals surface area contributed by atoms with Crippen molar-refractivity contribution in [3.63, 3.8) is 0 Å². The Bertz CT molecular complexity index is 397. The molecule has 0 amide bonds. The van der Waals surface area contributed by atoms with E-state index >= 15 is 0 Å². The molecule has 0 bridgehead atoms. The molecule has 1 saturated carbocycles. The van der Waals surface area contributed by atoms with Gasteiger partial charge in [0, 0.05) is 6.20 Å². The topological polar surface area (TPSA) is 31.4 Å². The molecule has 0 saturated heterocycles. The molecule has 1 aliphatic carbocycles. The minimum absolute atomic E-state index is 0.236. The summed E-state index contributed by atoms with van der Waals surface area (Å²) in [6.45, 7) is 6.08. The zero-order chi connectivity index (χ0) is 12.5. The Morgan fingerprint density at radius 1 is 1.29 bits per heavy atom. The van der Waals surface area contributed by atoms with Crippen LogP contribution >= 0.6 is 11.8 Å². The molecule has 0 atom stereocenters. The van der Waals surface area contributed by atoms with Crippen LogP contribution in [0, 0.1) is 0 Å². The molecular weight excluding hydrogens is 234 g/mol. The molecule has 4 heteroatoms. The number of aromatic nitrogens is 1. The fraction of sp³-hybridized carbons (Fsp3) is 0.615. The van der Waals surface area contributed by atoms with E-state index in [4.69, 9.17) is 9.47 Å². The fourth-order valence-corrected chi connectivity index (χ4v) is 1.93. The maximum Gasteiger partial charge on any atom is 0.181 e. The lowest BCUT2D eigenvalue weighted by Gasteiger charge is -2.23. The normalized spacial score (nSPS) is 15.8. The van der Waals surface area contributed by atoms with E-state index in [1.165, 1.54) is 0 Å². The molecule has 0 aromatic carbocycles. The molecule has 1 aromatic rings. The molecule has 0 spiro atoms. The van der Waals surface area contributed by atoms with Crippen molar-refractivity contribution in [1.82, 2.24) is 4.98 Å². The van der Waals surface area contributed by atoms with E-state index in [2.05, 4.69) is 4.98 Å². The Hall–Kier alpha value is -0.900. The summed E-state index contributed by atoms with van der Waals surface area (Å²) in [5.74, 6) is 1.60. The molecule has 0 radical (unpaired) electrons. The van der Waals surface area contributed by atoms with Crippen LogP contribution < -0.4 is 9.47 Å². The summed E-state index contributed by atoms with van der Waals surface area (Å²) in [7, 11) is 0. The first-order valence-electron chi connectivity index (χ1n) is 5.87. The Labute approximate surface area is 107 Å². The van der Waals surface area contributed by atoms with Gasteiger partial charge in [-0.2, -0.15) is 0 Å². The summed E-state index contributed by atoms with van der Waals surface area (Å²) in [6.07, 6.45) is 8.25. The Balaban J connectivity index is 2.28. The molecule has 2 rings (SSSR count). The zero-order valence-corrected chi connectivity index (χ0v) is 11.6. The third-order valence-electron chi connectivity index (χ3n) is 2.28. The van der Waals surface area contributed by atoms with Gasteiger partial charge in [-0.15, -0.1) is 11.8 Å². The average molecular weight is 253 g/mol. The van der Waals surface area contributed by atoms with Crippen molar-refractivity contribution in [3.05, 3.63) is 12.4 Å². The first-order chi connectivity index (χ1) is 7.99. The lowest BCUT2D eigenvalue weighted by molar-refractivity contribution is 0.121. The molecule has 0 unspecified atom stereocenters. The van der Waals surface area contributed by atoms with Gasteiger partial charge in [-0.3, -0.25) is 4.98 Å². The molecular formula is C13H19NO2S. The lowest BCUT2D eigenvalue weighted by atomic mass is 10.2. The second kappa shape index (κ2) is 4.77. The number of pyridine rings is 1. The Morgan fingerprint density at radius 2 is 2.00 bits per heavy atom. The standard InChI is InChI=1S/C13H19NO2S/c1-13(2,3)16-10-7-14-8-11(17-4)12(10)15-9-5-6-9/h7-9H,5-6H2,1-4H3. The van der Waals surface area contributed by atoms with Crippen molar-refractivity contribution in [2.24, 2.45) is 0 Å². The summed E-state index contributed by atoms with van der Waals surface area (Å²) < 4.78 is 11.8. The van der Waals surface area contributed by atoms with Crippen molar-refractivity contribution in [1.29, 1.82) is 0 Å². The highest BCUT2D eigenvalue weighted by molar-refractivity contribution is 7.98. The van der Waals surface area contributed by atoms with E-state index < -0.39 is 0 Å². The van der Waals surface area contributed by atoms with Crippen LogP contribution in [0.25, 0.3) is 0 Å². The van der Waals surface area contributed by atoms with Crippen LogP contribution in [-0.2, 0) is 0 Å². The molecule has 94 valence electrons. The zero-order valence-electron chi connectivity index (χ0n) is 10.8. The number of thioether (sulfide) groups is 1. The van der Waals surface area contributed by atoms with E-state index in [-0.39, 0.29) is 5.60 Å². The Kier molecular flexibility index (Phi) is 3.52. The van der Waals surface area contributed by atoms with Crippen LogP contribution in [0.2, 0.25) is 0 Å². The van der Waals surface area contributed by atoms with Gasteiger partial charge < -0.3 is 9.47 Å². The SMILES string of the molecule is CSc1cncc(OC(C)(C)C)c1OC1CC1. The van der Waals surface area contributed by atoms with E-state index in [0.717, 1.165) is 29.2 Å². The van der Waals surface area contributed by atoms with E-state index in [1.54, 1.807) is 18.0 Å². The van der Waals surface area contributed by atoms with E-state index in [9.17, 15) is 0 Å². The summed E-state index contributed by atoms with van der Waals surface area (Å²) in [5, 5.41) is 0. The molecule has 0 N–H and O–H groups in total. The summed E-state index contributed by atoms with van der Waals surface area (Å²) in [6, 6.07) is 0. The minimum atomic E-state index is -0.236. The predicted molar refractivity (Wildman–Crippen MR) is 70.0 cm³/mol. The fourth-order valence-electron chi connectivity index (χ4n) is 1.43. The van der Waals surface area contributed by atoms with Crippen molar-refractivity contribution >= 4 is 11.8 Å².